The molecule has 23 heavy (non-hydrogen) atoms. The Bertz CT molecular complexity index is 715. The predicted octanol–water partition coefficient (Wildman–Crippen LogP) is 3.65. The minimum Gasteiger partial charge on any atom is -0.370 e. The number of primary amides is 1. The van der Waals surface area contributed by atoms with Gasteiger partial charge in [0, 0.05) is 34.3 Å². The third-order valence-corrected chi connectivity index (χ3v) is 3.51. The second-order valence-corrected chi connectivity index (χ2v) is 5.68. The van der Waals surface area contributed by atoms with E-state index >= 15 is 0 Å². The Morgan fingerprint density at radius 3 is 2.13 bits per heavy atom. The quantitative estimate of drug-likeness (QED) is 0.890. The van der Waals surface area contributed by atoms with Gasteiger partial charge in [0.05, 0.1) is 0 Å². The predicted molar refractivity (Wildman–Crippen MR) is 88.3 cm³/mol. The van der Waals surface area contributed by atoms with E-state index in [2.05, 4.69) is 0 Å². The average molecular weight is 355 g/mol. The third-order valence-electron chi connectivity index (χ3n) is 3.07. The number of anilines is 1. The first-order chi connectivity index (χ1) is 10.9. The molecule has 0 unspecified atom stereocenters. The number of rotatable bonds is 5. The molecule has 0 heterocycles. The smallest absolute Gasteiger partial charge is 0.258 e. The molecule has 0 aliphatic heterocycles. The number of carbonyl (C=O) groups is 2. The van der Waals surface area contributed by atoms with E-state index in [1.807, 2.05) is 0 Å². The third kappa shape index (κ3) is 4.68. The van der Waals surface area contributed by atoms with Crippen molar-refractivity contribution in [2.45, 2.75) is 6.42 Å². The molecule has 0 radical (unpaired) electrons. The Morgan fingerprint density at radius 2 is 1.61 bits per heavy atom. The lowest BCUT2D eigenvalue weighted by molar-refractivity contribution is -0.117. The maximum atomic E-state index is 13.1. The van der Waals surface area contributed by atoms with Gasteiger partial charge in [-0.2, -0.15) is 0 Å². The van der Waals surface area contributed by atoms with Gasteiger partial charge in [-0.1, -0.05) is 23.2 Å². The lowest BCUT2D eigenvalue weighted by Gasteiger charge is -2.22. The van der Waals surface area contributed by atoms with Gasteiger partial charge in [-0.15, -0.1) is 0 Å². The summed E-state index contributed by atoms with van der Waals surface area (Å²) in [7, 11) is 0. The maximum Gasteiger partial charge on any atom is 0.258 e. The van der Waals surface area contributed by atoms with E-state index in [1.165, 1.54) is 47.4 Å². The van der Waals surface area contributed by atoms with Crippen molar-refractivity contribution in [3.8, 4) is 0 Å². The van der Waals surface area contributed by atoms with Crippen molar-refractivity contribution in [3.05, 3.63) is 63.9 Å². The number of benzene rings is 2. The lowest BCUT2D eigenvalue weighted by atomic mass is 10.1. The van der Waals surface area contributed by atoms with E-state index in [0.717, 1.165) is 0 Å². The zero-order valence-electron chi connectivity index (χ0n) is 11.9. The van der Waals surface area contributed by atoms with Gasteiger partial charge in [0.25, 0.3) is 5.91 Å². The van der Waals surface area contributed by atoms with Crippen LogP contribution in [0.2, 0.25) is 10.0 Å². The molecular weight excluding hydrogens is 342 g/mol. The van der Waals surface area contributed by atoms with E-state index in [9.17, 15) is 14.0 Å². The van der Waals surface area contributed by atoms with Crippen molar-refractivity contribution in [2.24, 2.45) is 5.73 Å². The fourth-order valence-corrected chi connectivity index (χ4v) is 2.55. The van der Waals surface area contributed by atoms with Crippen molar-refractivity contribution in [1.82, 2.24) is 0 Å². The zero-order chi connectivity index (χ0) is 17.0. The molecule has 0 aromatic heterocycles. The molecule has 2 amide bonds. The summed E-state index contributed by atoms with van der Waals surface area (Å²) in [4.78, 5) is 25.1. The summed E-state index contributed by atoms with van der Waals surface area (Å²) >= 11 is 11.8. The van der Waals surface area contributed by atoms with Gasteiger partial charge >= 0.3 is 0 Å². The molecule has 2 aromatic carbocycles. The monoisotopic (exact) mass is 354 g/mol. The van der Waals surface area contributed by atoms with E-state index in [-0.39, 0.29) is 18.5 Å². The minimum absolute atomic E-state index is 0.0303. The van der Waals surface area contributed by atoms with Gasteiger partial charge in [0.1, 0.15) is 5.82 Å². The van der Waals surface area contributed by atoms with E-state index in [1.54, 1.807) is 0 Å². The highest BCUT2D eigenvalue weighted by Gasteiger charge is 2.19. The van der Waals surface area contributed by atoms with Gasteiger partial charge < -0.3 is 10.6 Å². The number of halogens is 3. The van der Waals surface area contributed by atoms with Crippen molar-refractivity contribution < 1.29 is 14.0 Å². The highest BCUT2D eigenvalue weighted by Crippen LogP contribution is 2.23. The van der Waals surface area contributed by atoms with Gasteiger partial charge in [0.2, 0.25) is 5.91 Å². The summed E-state index contributed by atoms with van der Waals surface area (Å²) in [6.07, 6.45) is -0.0303. The summed E-state index contributed by atoms with van der Waals surface area (Å²) in [6, 6.07) is 9.79. The van der Waals surface area contributed by atoms with E-state index < -0.39 is 17.6 Å². The lowest BCUT2D eigenvalue weighted by Crippen LogP contribution is -2.34. The zero-order valence-corrected chi connectivity index (χ0v) is 13.4. The normalized spacial score (nSPS) is 10.4. The number of amides is 2. The minimum atomic E-state index is -0.547. The van der Waals surface area contributed by atoms with Gasteiger partial charge in [0.15, 0.2) is 0 Å². The SMILES string of the molecule is NC(=O)CCN(C(=O)c1cc(Cl)cc(Cl)c1)c1ccc(F)cc1. The Labute approximate surface area is 142 Å². The molecule has 2 aromatic rings. The van der Waals surface area contributed by atoms with Gasteiger partial charge in [-0.3, -0.25) is 9.59 Å². The van der Waals surface area contributed by atoms with Gasteiger partial charge in [-0.25, -0.2) is 4.39 Å². The molecule has 7 heteroatoms. The van der Waals surface area contributed by atoms with Crippen LogP contribution in [0.5, 0.6) is 0 Å². The fourth-order valence-electron chi connectivity index (χ4n) is 2.02. The molecule has 0 aliphatic rings. The average Bonchev–Trinajstić information content (AvgIpc) is 2.47. The highest BCUT2D eigenvalue weighted by molar-refractivity contribution is 6.35. The molecule has 4 nitrogen and oxygen atoms in total. The molecule has 2 rings (SSSR count). The molecule has 0 atom stereocenters. The molecule has 0 aliphatic carbocycles. The van der Waals surface area contributed by atoms with Crippen molar-refractivity contribution >= 4 is 40.7 Å². The van der Waals surface area contributed by atoms with Gasteiger partial charge in [-0.05, 0) is 42.5 Å². The molecule has 0 saturated heterocycles. The first kappa shape index (κ1) is 17.2. The number of nitrogens with two attached hydrogens (primary N) is 1. The maximum absolute atomic E-state index is 13.1. The Hall–Kier alpha value is -2.11. The van der Waals surface area contributed by atoms with Crippen LogP contribution in [0.1, 0.15) is 16.8 Å². The Balaban J connectivity index is 2.37. The van der Waals surface area contributed by atoms with Crippen LogP contribution in [-0.2, 0) is 4.79 Å². The Kier molecular flexibility index (Phi) is 5.58. The van der Waals surface area contributed by atoms with Crippen LogP contribution in [0.4, 0.5) is 10.1 Å². The van der Waals surface area contributed by atoms with Crippen LogP contribution >= 0.6 is 23.2 Å². The van der Waals surface area contributed by atoms with Crippen LogP contribution in [0.25, 0.3) is 0 Å². The second kappa shape index (κ2) is 7.44. The topological polar surface area (TPSA) is 63.4 Å². The highest BCUT2D eigenvalue weighted by atomic mass is 35.5. The molecule has 2 N–H and O–H groups in total. The summed E-state index contributed by atoms with van der Waals surface area (Å²) in [6.45, 7) is 0.0595. The number of hydrogen-bond donors (Lipinski definition) is 1. The van der Waals surface area contributed by atoms with Crippen LogP contribution in [0.15, 0.2) is 42.5 Å². The van der Waals surface area contributed by atoms with Crippen LogP contribution in [-0.4, -0.2) is 18.4 Å². The molecule has 0 bridgehead atoms. The number of carbonyl (C=O) groups excluding carboxylic acids is 2. The first-order valence-electron chi connectivity index (χ1n) is 6.68. The summed E-state index contributed by atoms with van der Waals surface area (Å²) < 4.78 is 13.1. The van der Waals surface area contributed by atoms with Crippen LogP contribution in [0, 0.1) is 5.82 Å². The molecule has 0 spiro atoms. The van der Waals surface area contributed by atoms with Crippen molar-refractivity contribution in [1.29, 1.82) is 0 Å². The molecular formula is C16H13Cl2FN2O2. The number of nitrogens with zero attached hydrogens (tertiary/aromatic N) is 1. The van der Waals surface area contributed by atoms with Crippen molar-refractivity contribution in [2.75, 3.05) is 11.4 Å². The van der Waals surface area contributed by atoms with Crippen LogP contribution < -0.4 is 10.6 Å². The largest absolute Gasteiger partial charge is 0.370 e. The van der Waals surface area contributed by atoms with Crippen LogP contribution in [0.3, 0.4) is 0 Å². The first-order valence-corrected chi connectivity index (χ1v) is 7.44. The molecule has 120 valence electrons. The van der Waals surface area contributed by atoms with E-state index in [4.69, 9.17) is 28.9 Å². The standard InChI is InChI=1S/C16H13Cl2FN2O2/c17-11-7-10(8-12(18)9-11)16(23)21(6-5-15(20)22)14-3-1-13(19)2-4-14/h1-4,7-9H,5-6H2,(H2,20,22). The fraction of sp³-hybridized carbons (Fsp3) is 0.125. The second-order valence-electron chi connectivity index (χ2n) is 4.81. The number of hydrogen-bond acceptors (Lipinski definition) is 2. The summed E-state index contributed by atoms with van der Waals surface area (Å²) in [5.74, 6) is -1.39. The molecule has 0 fully saturated rings. The Morgan fingerprint density at radius 1 is 1.04 bits per heavy atom. The van der Waals surface area contributed by atoms with Crippen molar-refractivity contribution in [3.63, 3.8) is 0 Å². The van der Waals surface area contributed by atoms with E-state index in [0.29, 0.717) is 15.7 Å². The summed E-state index contributed by atoms with van der Waals surface area (Å²) in [5.41, 5.74) is 5.85. The molecule has 0 saturated carbocycles. The summed E-state index contributed by atoms with van der Waals surface area (Å²) in [5, 5.41) is 0.629.